The quantitative estimate of drug-likeness (QED) is 0.453. The van der Waals surface area contributed by atoms with Crippen molar-refractivity contribution >= 4 is 50.8 Å². The number of rotatable bonds is 5. The van der Waals surface area contributed by atoms with Gasteiger partial charge in [-0.2, -0.15) is 0 Å². The number of halogens is 1. The van der Waals surface area contributed by atoms with E-state index in [-0.39, 0.29) is 18.0 Å². The lowest BCUT2D eigenvalue weighted by molar-refractivity contribution is -0.143. The van der Waals surface area contributed by atoms with E-state index in [0.717, 1.165) is 15.7 Å². The lowest BCUT2D eigenvalue weighted by Gasteiger charge is -2.35. The second-order valence-corrected chi connectivity index (χ2v) is 8.78. The monoisotopic (exact) mass is 501 g/mol. The van der Waals surface area contributed by atoms with Crippen LogP contribution in [0.5, 0.6) is 0 Å². The third kappa shape index (κ3) is 5.32. The number of carbonyl (C=O) groups excluding carboxylic acids is 2. The Morgan fingerprint density at radius 1 is 1.13 bits per heavy atom. The second kappa shape index (κ2) is 9.62. The summed E-state index contributed by atoms with van der Waals surface area (Å²) in [6, 6.07) is 14.0. The van der Waals surface area contributed by atoms with E-state index >= 15 is 0 Å². The molecule has 0 fully saturated rings. The maximum Gasteiger partial charge on any atom is 0.338 e. The van der Waals surface area contributed by atoms with Crippen LogP contribution in [0.25, 0.3) is 0 Å². The standard InChI is InChI=1S/C23H24BrN3O3S/c1-13(2)30-22(29)19-14(3)27(4)23(31)26-20(19)15-7-11-18(12-8-15)25-21(28)16-5-9-17(24)10-6-16/h5-13,20H,1-4H3,(H,25,28)(H,26,31). The van der Waals surface area contributed by atoms with E-state index in [9.17, 15) is 9.59 Å². The molecular formula is C23H24BrN3O3S. The Hall–Kier alpha value is -2.71. The molecule has 1 unspecified atom stereocenters. The summed E-state index contributed by atoms with van der Waals surface area (Å²) < 4.78 is 6.37. The number of anilines is 1. The molecule has 1 aliphatic rings. The molecule has 1 heterocycles. The minimum Gasteiger partial charge on any atom is -0.459 e. The molecule has 0 radical (unpaired) electrons. The molecule has 8 heteroatoms. The smallest absolute Gasteiger partial charge is 0.338 e. The van der Waals surface area contributed by atoms with Crippen LogP contribution in [0.15, 0.2) is 64.3 Å². The van der Waals surface area contributed by atoms with Gasteiger partial charge in [-0.05, 0) is 75.0 Å². The van der Waals surface area contributed by atoms with Crippen molar-refractivity contribution in [3.8, 4) is 0 Å². The molecule has 2 N–H and O–H groups in total. The fourth-order valence-corrected chi connectivity index (χ4v) is 3.71. The van der Waals surface area contributed by atoms with Crippen LogP contribution < -0.4 is 10.6 Å². The molecule has 3 rings (SSSR count). The molecule has 0 aromatic heterocycles. The molecule has 1 aliphatic heterocycles. The summed E-state index contributed by atoms with van der Waals surface area (Å²) in [5, 5.41) is 6.62. The molecule has 162 valence electrons. The van der Waals surface area contributed by atoms with Gasteiger partial charge in [0.25, 0.3) is 5.91 Å². The zero-order chi connectivity index (χ0) is 22.7. The summed E-state index contributed by atoms with van der Waals surface area (Å²) >= 11 is 8.78. The van der Waals surface area contributed by atoms with Gasteiger partial charge in [0.05, 0.1) is 17.7 Å². The largest absolute Gasteiger partial charge is 0.459 e. The van der Waals surface area contributed by atoms with Crippen molar-refractivity contribution in [2.45, 2.75) is 32.9 Å². The third-order valence-electron chi connectivity index (χ3n) is 4.92. The minimum absolute atomic E-state index is 0.198. The van der Waals surface area contributed by atoms with Gasteiger partial charge in [0.1, 0.15) is 0 Å². The van der Waals surface area contributed by atoms with Gasteiger partial charge in [0, 0.05) is 28.5 Å². The van der Waals surface area contributed by atoms with Gasteiger partial charge in [-0.1, -0.05) is 28.1 Å². The zero-order valence-corrected chi connectivity index (χ0v) is 20.1. The summed E-state index contributed by atoms with van der Waals surface area (Å²) in [5.74, 6) is -0.581. The van der Waals surface area contributed by atoms with E-state index in [1.807, 2.05) is 52.1 Å². The maximum atomic E-state index is 12.8. The number of ether oxygens (including phenoxy) is 1. The first-order valence-corrected chi connectivity index (χ1v) is 11.0. The molecular weight excluding hydrogens is 478 g/mol. The van der Waals surface area contributed by atoms with Crippen LogP contribution in [0.1, 0.15) is 42.7 Å². The van der Waals surface area contributed by atoms with Crippen LogP contribution in [0.3, 0.4) is 0 Å². The maximum absolute atomic E-state index is 12.8. The average Bonchev–Trinajstić information content (AvgIpc) is 2.72. The first-order valence-electron chi connectivity index (χ1n) is 9.80. The molecule has 31 heavy (non-hydrogen) atoms. The third-order valence-corrected chi connectivity index (χ3v) is 5.85. The van der Waals surface area contributed by atoms with Crippen molar-refractivity contribution in [3.63, 3.8) is 0 Å². The zero-order valence-electron chi connectivity index (χ0n) is 17.7. The lowest BCUT2D eigenvalue weighted by atomic mass is 9.95. The number of hydrogen-bond donors (Lipinski definition) is 2. The molecule has 1 atom stereocenters. The van der Waals surface area contributed by atoms with Gasteiger partial charge < -0.3 is 20.3 Å². The van der Waals surface area contributed by atoms with Crippen molar-refractivity contribution < 1.29 is 14.3 Å². The topological polar surface area (TPSA) is 70.7 Å². The van der Waals surface area contributed by atoms with Gasteiger partial charge >= 0.3 is 5.97 Å². The predicted octanol–water partition coefficient (Wildman–Crippen LogP) is 4.79. The van der Waals surface area contributed by atoms with Crippen molar-refractivity contribution in [2.24, 2.45) is 0 Å². The van der Waals surface area contributed by atoms with E-state index in [1.54, 1.807) is 29.2 Å². The Balaban J connectivity index is 1.84. The molecule has 6 nitrogen and oxygen atoms in total. The molecule has 0 bridgehead atoms. The predicted molar refractivity (Wildman–Crippen MR) is 129 cm³/mol. The Morgan fingerprint density at radius 2 is 1.74 bits per heavy atom. The number of nitrogens with one attached hydrogen (secondary N) is 2. The van der Waals surface area contributed by atoms with Crippen molar-refractivity contribution in [1.29, 1.82) is 0 Å². The van der Waals surface area contributed by atoms with E-state index in [2.05, 4.69) is 26.6 Å². The van der Waals surface area contributed by atoms with Gasteiger partial charge in [0.2, 0.25) is 0 Å². The number of hydrogen-bond acceptors (Lipinski definition) is 4. The Morgan fingerprint density at radius 3 is 2.32 bits per heavy atom. The van der Waals surface area contributed by atoms with Crippen LogP contribution in [-0.2, 0) is 9.53 Å². The van der Waals surface area contributed by atoms with Crippen LogP contribution in [0.4, 0.5) is 5.69 Å². The number of amides is 1. The average molecular weight is 502 g/mol. The summed E-state index contributed by atoms with van der Waals surface area (Å²) in [5.41, 5.74) is 3.31. The van der Waals surface area contributed by atoms with Crippen molar-refractivity contribution in [1.82, 2.24) is 10.2 Å². The minimum atomic E-state index is -0.439. The highest BCUT2D eigenvalue weighted by Gasteiger charge is 2.33. The Kier molecular flexibility index (Phi) is 7.12. The van der Waals surface area contributed by atoms with E-state index in [1.165, 1.54) is 0 Å². The number of nitrogens with zero attached hydrogens (tertiary/aromatic N) is 1. The molecule has 0 spiro atoms. The Labute approximate surface area is 195 Å². The molecule has 0 saturated carbocycles. The molecule has 2 aromatic carbocycles. The number of allylic oxidation sites excluding steroid dienone is 1. The highest BCUT2D eigenvalue weighted by molar-refractivity contribution is 9.10. The van der Waals surface area contributed by atoms with Gasteiger partial charge in [-0.15, -0.1) is 0 Å². The number of benzene rings is 2. The molecule has 0 saturated heterocycles. The fourth-order valence-electron chi connectivity index (χ4n) is 3.19. The van der Waals surface area contributed by atoms with E-state index in [4.69, 9.17) is 17.0 Å². The molecule has 2 aromatic rings. The SMILES string of the molecule is CC1=C(C(=O)OC(C)C)C(c2ccc(NC(=O)c3ccc(Br)cc3)cc2)NC(=S)N1C. The van der Waals surface area contributed by atoms with Crippen molar-refractivity contribution in [2.75, 3.05) is 12.4 Å². The normalized spacial score (nSPS) is 16.3. The second-order valence-electron chi connectivity index (χ2n) is 7.48. The highest BCUT2D eigenvalue weighted by atomic mass is 79.9. The van der Waals surface area contributed by atoms with E-state index < -0.39 is 6.04 Å². The first-order chi connectivity index (χ1) is 14.7. The lowest BCUT2D eigenvalue weighted by Crippen LogP contribution is -2.46. The first kappa shape index (κ1) is 23.0. The van der Waals surface area contributed by atoms with Crippen LogP contribution >= 0.6 is 28.1 Å². The van der Waals surface area contributed by atoms with Gasteiger partial charge in [0.15, 0.2) is 5.11 Å². The Bertz CT molecular complexity index is 1030. The van der Waals surface area contributed by atoms with Crippen LogP contribution in [0.2, 0.25) is 0 Å². The number of thiocarbonyl (C=S) groups is 1. The summed E-state index contributed by atoms with van der Waals surface area (Å²) in [6.45, 7) is 5.48. The summed E-state index contributed by atoms with van der Waals surface area (Å²) in [7, 11) is 1.81. The number of esters is 1. The molecule has 0 aliphatic carbocycles. The van der Waals surface area contributed by atoms with Gasteiger partial charge in [-0.25, -0.2) is 4.79 Å². The van der Waals surface area contributed by atoms with Crippen LogP contribution in [0, 0.1) is 0 Å². The molecule has 1 amide bonds. The fraction of sp³-hybridized carbons (Fsp3) is 0.261. The number of carbonyl (C=O) groups is 2. The summed E-state index contributed by atoms with van der Waals surface area (Å²) in [4.78, 5) is 27.0. The van der Waals surface area contributed by atoms with Crippen LogP contribution in [-0.4, -0.2) is 35.0 Å². The van der Waals surface area contributed by atoms with Crippen molar-refractivity contribution in [3.05, 3.63) is 75.4 Å². The van der Waals surface area contributed by atoms with E-state index in [0.29, 0.717) is 21.9 Å². The summed E-state index contributed by atoms with van der Waals surface area (Å²) in [6.07, 6.45) is -0.233. The van der Waals surface area contributed by atoms with Gasteiger partial charge in [-0.3, -0.25) is 4.79 Å². The highest BCUT2D eigenvalue weighted by Crippen LogP contribution is 2.31.